The molecule has 1 aliphatic carbocycles. The van der Waals surface area contributed by atoms with Crippen molar-refractivity contribution < 1.29 is 9.90 Å². The Bertz CT molecular complexity index is 139. The number of hydrogen-bond acceptors (Lipinski definition) is 2. The summed E-state index contributed by atoms with van der Waals surface area (Å²) in [7, 11) is 0. The number of carbonyl (C=O) groups excluding carboxylic acids is 1. The molecule has 0 aromatic carbocycles. The second-order valence-corrected chi connectivity index (χ2v) is 2.76. The van der Waals surface area contributed by atoms with Crippen LogP contribution in [-0.4, -0.2) is 16.6 Å². The molecule has 3 heteroatoms. The first kappa shape index (κ1) is 7.54. The molecule has 1 saturated carbocycles. The molecule has 57 valence electrons. The standard InChI is InChI=1S/C7H12NO2/c8-6(9)7(10)4-2-1-3-5-7/h1,10H,2-5H2,(H2,8,9). The van der Waals surface area contributed by atoms with Crippen LogP contribution in [0.15, 0.2) is 0 Å². The van der Waals surface area contributed by atoms with E-state index in [0.717, 1.165) is 12.8 Å². The Labute approximate surface area is 60.2 Å². The van der Waals surface area contributed by atoms with Crippen molar-refractivity contribution in [2.24, 2.45) is 5.73 Å². The molecule has 0 saturated heterocycles. The Morgan fingerprint density at radius 2 is 2.00 bits per heavy atom. The van der Waals surface area contributed by atoms with E-state index in [2.05, 4.69) is 6.42 Å². The lowest BCUT2D eigenvalue weighted by Crippen LogP contribution is -2.45. The molecule has 1 aliphatic rings. The summed E-state index contributed by atoms with van der Waals surface area (Å²) in [4.78, 5) is 10.6. The van der Waals surface area contributed by atoms with Gasteiger partial charge in [-0.2, -0.15) is 0 Å². The van der Waals surface area contributed by atoms with Crippen LogP contribution in [0, 0.1) is 6.42 Å². The van der Waals surface area contributed by atoms with Crippen molar-refractivity contribution in [2.75, 3.05) is 0 Å². The Balaban J connectivity index is 2.56. The second-order valence-electron chi connectivity index (χ2n) is 2.76. The molecule has 10 heavy (non-hydrogen) atoms. The smallest absolute Gasteiger partial charge is 0.249 e. The predicted molar refractivity (Wildman–Crippen MR) is 36.9 cm³/mol. The third kappa shape index (κ3) is 1.29. The third-order valence-electron chi connectivity index (χ3n) is 1.98. The van der Waals surface area contributed by atoms with E-state index in [9.17, 15) is 9.90 Å². The molecule has 0 aromatic heterocycles. The summed E-state index contributed by atoms with van der Waals surface area (Å²) in [5.74, 6) is -0.583. The van der Waals surface area contributed by atoms with Crippen molar-refractivity contribution >= 4 is 5.91 Å². The second kappa shape index (κ2) is 2.58. The molecule has 1 amide bonds. The van der Waals surface area contributed by atoms with E-state index in [4.69, 9.17) is 5.73 Å². The summed E-state index contributed by atoms with van der Waals surface area (Å²) < 4.78 is 0. The van der Waals surface area contributed by atoms with Gasteiger partial charge in [-0.1, -0.05) is 0 Å². The van der Waals surface area contributed by atoms with Crippen molar-refractivity contribution in [3.63, 3.8) is 0 Å². The van der Waals surface area contributed by atoms with Gasteiger partial charge in [0.2, 0.25) is 5.91 Å². The SMILES string of the molecule is NC(=O)C1(O)CC[CH]CC1. The van der Waals surface area contributed by atoms with Gasteiger partial charge < -0.3 is 10.8 Å². The Morgan fingerprint density at radius 3 is 2.30 bits per heavy atom. The van der Waals surface area contributed by atoms with E-state index in [0.29, 0.717) is 12.8 Å². The van der Waals surface area contributed by atoms with E-state index in [-0.39, 0.29) is 0 Å². The molecule has 0 heterocycles. The van der Waals surface area contributed by atoms with Gasteiger partial charge in [-0.3, -0.25) is 4.79 Å². The Morgan fingerprint density at radius 1 is 1.50 bits per heavy atom. The summed E-state index contributed by atoms with van der Waals surface area (Å²) >= 11 is 0. The number of hydrogen-bond donors (Lipinski definition) is 2. The minimum atomic E-state index is -1.21. The first-order chi connectivity index (χ1) is 4.65. The molecule has 3 nitrogen and oxygen atoms in total. The molecule has 3 N–H and O–H groups in total. The van der Waals surface area contributed by atoms with E-state index in [1.165, 1.54) is 0 Å². The van der Waals surface area contributed by atoms with Gasteiger partial charge in [0.25, 0.3) is 0 Å². The zero-order valence-corrected chi connectivity index (χ0v) is 5.84. The van der Waals surface area contributed by atoms with Crippen LogP contribution in [0.1, 0.15) is 25.7 Å². The number of amides is 1. The fourth-order valence-corrected chi connectivity index (χ4v) is 1.20. The van der Waals surface area contributed by atoms with Crippen LogP contribution in [-0.2, 0) is 4.79 Å². The third-order valence-corrected chi connectivity index (χ3v) is 1.98. The maximum absolute atomic E-state index is 10.6. The normalized spacial score (nSPS) is 24.1. The van der Waals surface area contributed by atoms with Crippen LogP contribution in [0.25, 0.3) is 0 Å². The van der Waals surface area contributed by atoms with E-state index >= 15 is 0 Å². The van der Waals surface area contributed by atoms with Gasteiger partial charge in [-0.05, 0) is 32.1 Å². The summed E-state index contributed by atoms with van der Waals surface area (Å²) in [6.07, 6.45) is 4.63. The monoisotopic (exact) mass is 142 g/mol. The molecular weight excluding hydrogens is 130 g/mol. The highest BCUT2D eigenvalue weighted by molar-refractivity contribution is 5.83. The number of carbonyl (C=O) groups is 1. The lowest BCUT2D eigenvalue weighted by Gasteiger charge is -2.28. The van der Waals surface area contributed by atoms with Crippen molar-refractivity contribution in [2.45, 2.75) is 31.3 Å². The highest BCUT2D eigenvalue weighted by Crippen LogP contribution is 2.26. The number of aliphatic hydroxyl groups is 1. The maximum Gasteiger partial charge on any atom is 0.249 e. The van der Waals surface area contributed by atoms with Crippen molar-refractivity contribution in [1.29, 1.82) is 0 Å². The molecule has 0 aromatic rings. The fraction of sp³-hybridized carbons (Fsp3) is 0.714. The summed E-state index contributed by atoms with van der Waals surface area (Å²) in [5, 5.41) is 9.45. The first-order valence-electron chi connectivity index (χ1n) is 3.49. The van der Waals surface area contributed by atoms with Crippen molar-refractivity contribution in [3.8, 4) is 0 Å². The number of nitrogens with two attached hydrogens (primary N) is 1. The van der Waals surface area contributed by atoms with Gasteiger partial charge in [-0.15, -0.1) is 0 Å². The molecule has 0 atom stereocenters. The Kier molecular flexibility index (Phi) is 1.94. The predicted octanol–water partition coefficient (Wildman–Crippen LogP) is -0.0189. The van der Waals surface area contributed by atoms with Crippen LogP contribution < -0.4 is 5.73 Å². The van der Waals surface area contributed by atoms with Gasteiger partial charge in [-0.25, -0.2) is 0 Å². The molecule has 1 fully saturated rings. The lowest BCUT2D eigenvalue weighted by atomic mass is 9.84. The summed E-state index contributed by atoms with van der Waals surface area (Å²) in [6.45, 7) is 0. The molecule has 1 radical (unpaired) electrons. The number of primary amides is 1. The summed E-state index contributed by atoms with van der Waals surface area (Å²) in [6, 6.07) is 0. The van der Waals surface area contributed by atoms with Crippen LogP contribution in [0.3, 0.4) is 0 Å². The molecule has 0 bridgehead atoms. The van der Waals surface area contributed by atoms with E-state index < -0.39 is 11.5 Å². The van der Waals surface area contributed by atoms with Gasteiger partial charge in [0.05, 0.1) is 0 Å². The largest absolute Gasteiger partial charge is 0.380 e. The lowest BCUT2D eigenvalue weighted by molar-refractivity contribution is -0.138. The molecule has 0 spiro atoms. The quantitative estimate of drug-likeness (QED) is 0.540. The zero-order chi connectivity index (χ0) is 7.61. The molecule has 0 aliphatic heterocycles. The highest BCUT2D eigenvalue weighted by atomic mass is 16.3. The fourth-order valence-electron chi connectivity index (χ4n) is 1.20. The Hall–Kier alpha value is -0.570. The maximum atomic E-state index is 10.6. The van der Waals surface area contributed by atoms with Gasteiger partial charge >= 0.3 is 0 Å². The van der Waals surface area contributed by atoms with Crippen molar-refractivity contribution in [1.82, 2.24) is 0 Å². The minimum Gasteiger partial charge on any atom is -0.380 e. The van der Waals surface area contributed by atoms with Gasteiger partial charge in [0, 0.05) is 0 Å². The van der Waals surface area contributed by atoms with Gasteiger partial charge in [0.1, 0.15) is 5.60 Å². The zero-order valence-electron chi connectivity index (χ0n) is 5.84. The van der Waals surface area contributed by atoms with Crippen LogP contribution in [0.5, 0.6) is 0 Å². The summed E-state index contributed by atoms with van der Waals surface area (Å²) in [5.41, 5.74) is 3.79. The average Bonchev–Trinajstić information content (AvgIpc) is 1.89. The van der Waals surface area contributed by atoms with Crippen LogP contribution in [0.4, 0.5) is 0 Å². The van der Waals surface area contributed by atoms with Gasteiger partial charge in [0.15, 0.2) is 0 Å². The van der Waals surface area contributed by atoms with E-state index in [1.807, 2.05) is 0 Å². The number of rotatable bonds is 1. The first-order valence-corrected chi connectivity index (χ1v) is 3.49. The molecule has 0 unspecified atom stereocenters. The van der Waals surface area contributed by atoms with Crippen molar-refractivity contribution in [3.05, 3.63) is 6.42 Å². The molecule has 1 rings (SSSR count). The van der Waals surface area contributed by atoms with E-state index in [1.54, 1.807) is 0 Å². The topological polar surface area (TPSA) is 63.3 Å². The van der Waals surface area contributed by atoms with Crippen LogP contribution in [0.2, 0.25) is 0 Å². The van der Waals surface area contributed by atoms with Crippen LogP contribution >= 0.6 is 0 Å². The average molecular weight is 142 g/mol. The minimum absolute atomic E-state index is 0.488. The molecular formula is C7H12NO2. The highest BCUT2D eigenvalue weighted by Gasteiger charge is 2.34.